The molecule has 5 heteroatoms. The first-order valence-electron chi connectivity index (χ1n) is 7.86. The lowest BCUT2D eigenvalue weighted by molar-refractivity contribution is 0.0942. The van der Waals surface area contributed by atoms with E-state index in [-0.39, 0.29) is 17.8 Å². The van der Waals surface area contributed by atoms with Gasteiger partial charge in [0.1, 0.15) is 5.82 Å². The molecule has 0 aliphatic heterocycles. The zero-order valence-corrected chi connectivity index (χ0v) is 14.6. The highest BCUT2D eigenvalue weighted by Crippen LogP contribution is 2.21. The fourth-order valence-electron chi connectivity index (χ4n) is 2.49. The lowest BCUT2D eigenvalue weighted by atomic mass is 10.0. The minimum absolute atomic E-state index is 0.0608. The number of hydrogen-bond acceptors (Lipinski definition) is 3. The molecule has 0 heterocycles. The Balaban J connectivity index is 2.05. The maximum atomic E-state index is 12.9. The van der Waals surface area contributed by atoms with E-state index in [0.717, 1.165) is 11.3 Å². The van der Waals surface area contributed by atoms with Crippen molar-refractivity contribution in [3.8, 4) is 0 Å². The van der Waals surface area contributed by atoms with Crippen molar-refractivity contribution >= 4 is 11.6 Å². The van der Waals surface area contributed by atoms with Crippen LogP contribution in [0.15, 0.2) is 48.5 Å². The Morgan fingerprint density at radius 3 is 2.08 bits per heavy atom. The highest BCUT2D eigenvalue weighted by molar-refractivity contribution is 5.94. The summed E-state index contributed by atoms with van der Waals surface area (Å²) in [6.07, 6.45) is 0. The molecule has 0 saturated heterocycles. The molecule has 1 atom stereocenters. The number of likely N-dealkylation sites (N-methyl/N-ethyl adjacent to an activating group) is 1. The molecule has 2 aromatic rings. The fraction of sp³-hybridized carbons (Fsp3) is 0.316. The van der Waals surface area contributed by atoms with Gasteiger partial charge in [-0.1, -0.05) is 12.1 Å². The molecule has 4 nitrogen and oxygen atoms in total. The number of benzene rings is 2. The monoisotopic (exact) mass is 329 g/mol. The summed E-state index contributed by atoms with van der Waals surface area (Å²) < 4.78 is 12.9. The standard InChI is InChI=1S/C19H24FN3O/c1-22(2)17-11-7-14(8-12-17)18(23(3)4)13-21-19(24)15-5-9-16(20)10-6-15/h5-12,18H,13H2,1-4H3,(H,21,24). The Kier molecular flexibility index (Phi) is 5.93. The van der Waals surface area contributed by atoms with E-state index < -0.39 is 0 Å². The van der Waals surface area contributed by atoms with E-state index in [1.54, 1.807) is 0 Å². The molecule has 1 amide bonds. The van der Waals surface area contributed by atoms with E-state index in [0.29, 0.717) is 12.1 Å². The SMILES string of the molecule is CN(C)c1ccc(C(CNC(=O)c2ccc(F)cc2)N(C)C)cc1. The second-order valence-corrected chi connectivity index (χ2v) is 6.18. The van der Waals surface area contributed by atoms with Gasteiger partial charge in [0.2, 0.25) is 0 Å². The van der Waals surface area contributed by atoms with Crippen LogP contribution >= 0.6 is 0 Å². The van der Waals surface area contributed by atoms with Crippen molar-refractivity contribution in [1.29, 1.82) is 0 Å². The first-order valence-corrected chi connectivity index (χ1v) is 7.86. The molecule has 0 spiro atoms. The van der Waals surface area contributed by atoms with Crippen molar-refractivity contribution in [1.82, 2.24) is 10.2 Å². The Hall–Kier alpha value is -2.40. The largest absolute Gasteiger partial charge is 0.378 e. The number of anilines is 1. The average Bonchev–Trinajstić information content (AvgIpc) is 2.55. The summed E-state index contributed by atoms with van der Waals surface area (Å²) in [5, 5.41) is 2.92. The van der Waals surface area contributed by atoms with Gasteiger partial charge in [-0.15, -0.1) is 0 Å². The van der Waals surface area contributed by atoms with Crippen LogP contribution in [-0.4, -0.2) is 45.5 Å². The molecule has 128 valence electrons. The molecule has 1 N–H and O–H groups in total. The molecule has 2 rings (SSSR count). The quantitative estimate of drug-likeness (QED) is 0.885. The van der Waals surface area contributed by atoms with Crippen LogP contribution in [0.2, 0.25) is 0 Å². The number of carbonyl (C=O) groups is 1. The Morgan fingerprint density at radius 2 is 1.58 bits per heavy atom. The number of amides is 1. The summed E-state index contributed by atoms with van der Waals surface area (Å²) in [4.78, 5) is 16.3. The maximum absolute atomic E-state index is 12.9. The van der Waals surface area contributed by atoms with Gasteiger partial charge >= 0.3 is 0 Å². The first-order chi connectivity index (χ1) is 11.4. The van der Waals surface area contributed by atoms with Crippen LogP contribution in [0.25, 0.3) is 0 Å². The zero-order chi connectivity index (χ0) is 17.7. The summed E-state index contributed by atoms with van der Waals surface area (Å²) in [5.74, 6) is -0.550. The van der Waals surface area contributed by atoms with E-state index in [9.17, 15) is 9.18 Å². The highest BCUT2D eigenvalue weighted by atomic mass is 19.1. The minimum atomic E-state index is -0.348. The van der Waals surface area contributed by atoms with Crippen molar-refractivity contribution in [2.24, 2.45) is 0 Å². The fourth-order valence-corrected chi connectivity index (χ4v) is 2.49. The summed E-state index contributed by atoms with van der Waals surface area (Å²) in [7, 11) is 7.96. The molecule has 0 bridgehead atoms. The van der Waals surface area contributed by atoms with E-state index in [1.165, 1.54) is 24.3 Å². The van der Waals surface area contributed by atoms with Crippen molar-refractivity contribution in [2.45, 2.75) is 6.04 Å². The van der Waals surface area contributed by atoms with Crippen LogP contribution in [-0.2, 0) is 0 Å². The second-order valence-electron chi connectivity index (χ2n) is 6.18. The molecule has 2 aromatic carbocycles. The lowest BCUT2D eigenvalue weighted by Crippen LogP contribution is -2.34. The molecule has 0 saturated carbocycles. The average molecular weight is 329 g/mol. The predicted octanol–water partition coefficient (Wildman–Crippen LogP) is 2.92. The Bertz CT molecular complexity index is 666. The van der Waals surface area contributed by atoms with Gasteiger partial charge in [0, 0.05) is 31.9 Å². The van der Waals surface area contributed by atoms with Crippen molar-refractivity contribution in [3.05, 3.63) is 65.5 Å². The second kappa shape index (κ2) is 7.93. The van der Waals surface area contributed by atoms with Crippen LogP contribution in [0.4, 0.5) is 10.1 Å². The van der Waals surface area contributed by atoms with Gasteiger partial charge in [0.25, 0.3) is 5.91 Å². The van der Waals surface area contributed by atoms with Gasteiger partial charge in [0.05, 0.1) is 6.04 Å². The van der Waals surface area contributed by atoms with Crippen LogP contribution in [0.3, 0.4) is 0 Å². The van der Waals surface area contributed by atoms with Gasteiger partial charge in [-0.2, -0.15) is 0 Å². The highest BCUT2D eigenvalue weighted by Gasteiger charge is 2.16. The third-order valence-electron chi connectivity index (χ3n) is 3.98. The predicted molar refractivity (Wildman–Crippen MR) is 95.9 cm³/mol. The van der Waals surface area contributed by atoms with Crippen molar-refractivity contribution < 1.29 is 9.18 Å². The smallest absolute Gasteiger partial charge is 0.251 e. The number of nitrogens with one attached hydrogen (secondary N) is 1. The number of carbonyl (C=O) groups excluding carboxylic acids is 1. The number of nitrogens with zero attached hydrogens (tertiary/aromatic N) is 2. The Morgan fingerprint density at radius 1 is 1.00 bits per heavy atom. The third kappa shape index (κ3) is 4.55. The lowest BCUT2D eigenvalue weighted by Gasteiger charge is -2.25. The summed E-state index contributed by atoms with van der Waals surface area (Å²) in [6.45, 7) is 0.477. The van der Waals surface area contributed by atoms with Crippen LogP contribution < -0.4 is 10.2 Å². The molecule has 0 aliphatic carbocycles. The molecule has 0 radical (unpaired) electrons. The minimum Gasteiger partial charge on any atom is -0.378 e. The van der Waals surface area contributed by atoms with E-state index in [1.807, 2.05) is 33.1 Å². The third-order valence-corrected chi connectivity index (χ3v) is 3.98. The Labute approximate surface area is 142 Å². The first kappa shape index (κ1) is 17.9. The molecular formula is C19H24FN3O. The van der Waals surface area contributed by atoms with E-state index >= 15 is 0 Å². The molecule has 0 aliphatic rings. The van der Waals surface area contributed by atoms with Gasteiger partial charge in [-0.3, -0.25) is 4.79 Å². The molecule has 1 unspecified atom stereocenters. The van der Waals surface area contributed by atoms with Crippen LogP contribution in [0, 0.1) is 5.82 Å². The number of halogens is 1. The summed E-state index contributed by atoms with van der Waals surface area (Å²) in [5.41, 5.74) is 2.72. The summed E-state index contributed by atoms with van der Waals surface area (Å²) in [6, 6.07) is 13.9. The van der Waals surface area contributed by atoms with E-state index in [2.05, 4.69) is 34.5 Å². The van der Waals surface area contributed by atoms with Crippen LogP contribution in [0.5, 0.6) is 0 Å². The van der Waals surface area contributed by atoms with Crippen LogP contribution in [0.1, 0.15) is 22.0 Å². The number of rotatable bonds is 6. The van der Waals surface area contributed by atoms with Gasteiger partial charge < -0.3 is 15.1 Å². The van der Waals surface area contributed by atoms with Gasteiger partial charge in [-0.25, -0.2) is 4.39 Å². The molecule has 0 aromatic heterocycles. The normalized spacial score (nSPS) is 12.1. The summed E-state index contributed by atoms with van der Waals surface area (Å²) >= 11 is 0. The van der Waals surface area contributed by atoms with Gasteiger partial charge in [0.15, 0.2) is 0 Å². The molecule has 24 heavy (non-hydrogen) atoms. The topological polar surface area (TPSA) is 35.6 Å². The zero-order valence-electron chi connectivity index (χ0n) is 14.6. The van der Waals surface area contributed by atoms with E-state index in [4.69, 9.17) is 0 Å². The maximum Gasteiger partial charge on any atom is 0.251 e. The number of hydrogen-bond donors (Lipinski definition) is 1. The molecular weight excluding hydrogens is 305 g/mol. The van der Waals surface area contributed by atoms with Gasteiger partial charge in [-0.05, 0) is 56.1 Å². The van der Waals surface area contributed by atoms with Crippen molar-refractivity contribution in [2.75, 3.05) is 39.6 Å². The van der Waals surface area contributed by atoms with Crippen molar-refractivity contribution in [3.63, 3.8) is 0 Å². The molecule has 0 fully saturated rings.